The number of carbonyl (C=O) groups excluding carboxylic acids is 2. The minimum absolute atomic E-state index is 0.0293. The van der Waals surface area contributed by atoms with Crippen LogP contribution >= 0.6 is 0 Å². The lowest BCUT2D eigenvalue weighted by Crippen LogP contribution is -2.47. The quantitative estimate of drug-likeness (QED) is 0.370. The van der Waals surface area contributed by atoms with Crippen LogP contribution in [0.3, 0.4) is 0 Å². The minimum Gasteiger partial charge on any atom is -0.457 e. The first-order valence-electron chi connectivity index (χ1n) is 13.6. The van der Waals surface area contributed by atoms with Crippen molar-refractivity contribution >= 4 is 11.7 Å². The van der Waals surface area contributed by atoms with Gasteiger partial charge in [-0.15, -0.1) is 0 Å². The Bertz CT molecular complexity index is 936. The van der Waals surface area contributed by atoms with Gasteiger partial charge in [0.25, 0.3) is 0 Å². The van der Waals surface area contributed by atoms with Gasteiger partial charge in [0, 0.05) is 36.7 Å². The molecular weight excluding hydrogens is 436 g/mol. The van der Waals surface area contributed by atoms with Crippen LogP contribution < -0.4 is 10.1 Å². The predicted molar refractivity (Wildman–Crippen MR) is 140 cm³/mol. The number of piperidine rings is 1. The number of nitrogens with one attached hydrogen (secondary N) is 1. The maximum Gasteiger partial charge on any atom is 0.232 e. The van der Waals surface area contributed by atoms with Gasteiger partial charge in [-0.2, -0.15) is 0 Å². The average molecular weight is 477 g/mol. The summed E-state index contributed by atoms with van der Waals surface area (Å²) in [5.41, 5.74) is 1.83. The molecule has 1 fully saturated rings. The number of hydrogen-bond acceptors (Lipinski definition) is 4. The van der Waals surface area contributed by atoms with E-state index in [-0.39, 0.29) is 17.9 Å². The van der Waals surface area contributed by atoms with E-state index >= 15 is 0 Å². The molecule has 0 spiro atoms. The molecular formula is C30H40N2O3. The van der Waals surface area contributed by atoms with Crippen molar-refractivity contribution in [3.63, 3.8) is 0 Å². The average Bonchev–Trinajstić information content (AvgIpc) is 2.87. The molecule has 0 bridgehead atoms. The van der Waals surface area contributed by atoms with Crippen LogP contribution in [-0.4, -0.2) is 42.3 Å². The lowest BCUT2D eigenvalue weighted by atomic mass is 9.87. The van der Waals surface area contributed by atoms with Crippen LogP contribution in [0.15, 0.2) is 48.5 Å². The molecule has 0 atom stereocenters. The Morgan fingerprint density at radius 3 is 2.06 bits per heavy atom. The van der Waals surface area contributed by atoms with Crippen molar-refractivity contribution < 1.29 is 14.3 Å². The van der Waals surface area contributed by atoms with Crippen molar-refractivity contribution in [1.82, 2.24) is 10.2 Å². The van der Waals surface area contributed by atoms with Gasteiger partial charge in [-0.3, -0.25) is 14.5 Å². The molecule has 0 unspecified atom stereocenters. The number of rotatable bonds is 12. The summed E-state index contributed by atoms with van der Waals surface area (Å²) < 4.78 is 6.04. The van der Waals surface area contributed by atoms with Crippen molar-refractivity contribution in [2.45, 2.75) is 83.1 Å². The summed E-state index contributed by atoms with van der Waals surface area (Å²) in [6.45, 7) is 4.50. The Hall–Kier alpha value is -2.66. The van der Waals surface area contributed by atoms with Gasteiger partial charge in [-0.05, 0) is 31.4 Å². The third-order valence-corrected chi connectivity index (χ3v) is 7.34. The summed E-state index contributed by atoms with van der Waals surface area (Å²) in [6, 6.07) is 15.7. The van der Waals surface area contributed by atoms with Crippen LogP contribution in [0.5, 0.6) is 11.5 Å². The number of nitrogens with zero attached hydrogens (tertiary/aromatic N) is 1. The largest absolute Gasteiger partial charge is 0.457 e. The number of para-hydroxylation sites is 2. The van der Waals surface area contributed by atoms with Crippen LogP contribution in [0.2, 0.25) is 0 Å². The summed E-state index contributed by atoms with van der Waals surface area (Å²) in [6.07, 6.45) is 11.1. The lowest BCUT2D eigenvalue weighted by molar-refractivity contribution is -0.124. The van der Waals surface area contributed by atoms with Gasteiger partial charge < -0.3 is 10.1 Å². The highest BCUT2D eigenvalue weighted by molar-refractivity contribution is 5.89. The van der Waals surface area contributed by atoms with E-state index in [0.29, 0.717) is 18.7 Å². The fourth-order valence-corrected chi connectivity index (χ4v) is 5.32. The molecule has 0 saturated carbocycles. The number of ketones is 1. The standard InChI is InChI=1S/C30H40N2O3/c1-2-3-4-5-6-7-8-13-24(33)22-32-20-18-23(19-21-32)31-30(34)29-25-14-9-11-16-27(25)35-28-17-12-10-15-26(28)29/h9-12,14-17,23,29H,2-8,13,18-22H2,1H3,(H,31,34). The topological polar surface area (TPSA) is 58.6 Å². The molecule has 0 radical (unpaired) electrons. The smallest absolute Gasteiger partial charge is 0.232 e. The number of carbonyl (C=O) groups is 2. The van der Waals surface area contributed by atoms with Gasteiger partial charge >= 0.3 is 0 Å². The highest BCUT2D eigenvalue weighted by atomic mass is 16.5. The van der Waals surface area contributed by atoms with E-state index in [1.165, 1.54) is 38.5 Å². The highest BCUT2D eigenvalue weighted by Gasteiger charge is 2.34. The number of likely N-dealkylation sites (tertiary alicyclic amines) is 1. The lowest BCUT2D eigenvalue weighted by Gasteiger charge is -2.34. The second-order valence-corrected chi connectivity index (χ2v) is 10.1. The number of Topliss-reactive ketones (excluding diaryl/α,β-unsaturated/α-hetero) is 1. The molecule has 2 aromatic rings. The van der Waals surface area contributed by atoms with Crippen molar-refractivity contribution in [2.24, 2.45) is 0 Å². The van der Waals surface area contributed by atoms with Crippen LogP contribution in [-0.2, 0) is 9.59 Å². The fourth-order valence-electron chi connectivity index (χ4n) is 5.32. The summed E-state index contributed by atoms with van der Waals surface area (Å²) in [4.78, 5) is 28.1. The summed E-state index contributed by atoms with van der Waals surface area (Å²) in [5, 5.41) is 3.30. The second kappa shape index (κ2) is 12.9. The van der Waals surface area contributed by atoms with Crippen molar-refractivity contribution in [2.75, 3.05) is 19.6 Å². The monoisotopic (exact) mass is 476 g/mol. The van der Waals surface area contributed by atoms with Gasteiger partial charge in [-0.25, -0.2) is 0 Å². The maximum absolute atomic E-state index is 13.4. The number of amides is 1. The first-order valence-corrected chi connectivity index (χ1v) is 13.6. The zero-order valence-corrected chi connectivity index (χ0v) is 21.1. The predicted octanol–water partition coefficient (Wildman–Crippen LogP) is 6.21. The molecule has 0 aromatic heterocycles. The SMILES string of the molecule is CCCCCCCCCC(=O)CN1CCC(NC(=O)C2c3ccccc3Oc3ccccc32)CC1. The molecule has 2 aliphatic rings. The van der Waals surface area contributed by atoms with Crippen molar-refractivity contribution in [3.05, 3.63) is 59.7 Å². The van der Waals surface area contributed by atoms with E-state index in [1.807, 2.05) is 48.5 Å². The van der Waals surface area contributed by atoms with Gasteiger partial charge in [0.2, 0.25) is 5.91 Å². The zero-order chi connectivity index (χ0) is 24.5. The molecule has 35 heavy (non-hydrogen) atoms. The molecule has 1 amide bonds. The van der Waals surface area contributed by atoms with Crippen LogP contribution in [0.4, 0.5) is 0 Å². The van der Waals surface area contributed by atoms with Crippen molar-refractivity contribution in [1.29, 1.82) is 0 Å². The number of ether oxygens (including phenoxy) is 1. The third kappa shape index (κ3) is 6.94. The second-order valence-electron chi connectivity index (χ2n) is 10.1. The summed E-state index contributed by atoms with van der Waals surface area (Å²) in [5.74, 6) is 1.53. The van der Waals surface area contributed by atoms with Gasteiger partial charge in [-0.1, -0.05) is 81.8 Å². The first-order chi connectivity index (χ1) is 17.2. The van der Waals surface area contributed by atoms with Crippen molar-refractivity contribution in [3.8, 4) is 11.5 Å². The Morgan fingerprint density at radius 2 is 1.43 bits per heavy atom. The zero-order valence-electron chi connectivity index (χ0n) is 21.1. The van der Waals surface area contributed by atoms with E-state index in [9.17, 15) is 9.59 Å². The van der Waals surface area contributed by atoms with E-state index in [4.69, 9.17) is 4.74 Å². The van der Waals surface area contributed by atoms with Gasteiger partial charge in [0.15, 0.2) is 0 Å². The van der Waals surface area contributed by atoms with E-state index in [0.717, 1.165) is 55.0 Å². The molecule has 1 N–H and O–H groups in total. The third-order valence-electron chi connectivity index (χ3n) is 7.34. The summed E-state index contributed by atoms with van der Waals surface area (Å²) in [7, 11) is 0. The normalized spacial score (nSPS) is 16.3. The summed E-state index contributed by atoms with van der Waals surface area (Å²) >= 11 is 0. The molecule has 5 nitrogen and oxygen atoms in total. The Kier molecular flexibility index (Phi) is 9.35. The molecule has 2 heterocycles. The Morgan fingerprint density at radius 1 is 0.857 bits per heavy atom. The molecule has 1 saturated heterocycles. The number of unbranched alkanes of at least 4 members (excludes halogenated alkanes) is 6. The first kappa shape index (κ1) is 25.4. The van der Waals surface area contributed by atoms with Crippen LogP contribution in [0.1, 0.15) is 88.2 Å². The van der Waals surface area contributed by atoms with Crippen LogP contribution in [0.25, 0.3) is 0 Å². The maximum atomic E-state index is 13.4. The molecule has 0 aliphatic carbocycles. The molecule has 2 aliphatic heterocycles. The molecule has 188 valence electrons. The molecule has 4 rings (SSSR count). The fraction of sp³-hybridized carbons (Fsp3) is 0.533. The Labute approximate surface area is 210 Å². The number of fused-ring (bicyclic) bond motifs is 2. The van der Waals surface area contributed by atoms with E-state index in [1.54, 1.807) is 0 Å². The van der Waals surface area contributed by atoms with Gasteiger partial charge in [0.1, 0.15) is 17.3 Å². The molecule has 5 heteroatoms. The van der Waals surface area contributed by atoms with Crippen LogP contribution in [0, 0.1) is 0 Å². The van der Waals surface area contributed by atoms with E-state index in [2.05, 4.69) is 17.1 Å². The minimum atomic E-state index is -0.363. The number of benzene rings is 2. The van der Waals surface area contributed by atoms with Gasteiger partial charge in [0.05, 0.1) is 12.5 Å². The van der Waals surface area contributed by atoms with E-state index < -0.39 is 0 Å². The highest BCUT2D eigenvalue weighted by Crippen LogP contribution is 2.44. The Balaban J connectivity index is 1.22. The molecule has 2 aromatic carbocycles. The number of hydrogen-bond donors (Lipinski definition) is 1.